The lowest BCUT2D eigenvalue weighted by molar-refractivity contribution is -0.870. The second kappa shape index (κ2) is 46.6. The molecule has 2 atom stereocenters. The average molecular weight is 933 g/mol. The van der Waals surface area contributed by atoms with Gasteiger partial charge in [-0.1, -0.05) is 209 Å². The maximum atomic E-state index is 12.7. The molecule has 376 valence electrons. The number of nitrogens with zero attached hydrogens (tertiary/aromatic N) is 1. The third kappa shape index (κ3) is 50.7. The van der Waals surface area contributed by atoms with Gasteiger partial charge in [-0.15, -0.1) is 0 Å². The Labute approximate surface area is 399 Å². The molecule has 0 saturated heterocycles. The number of allylic oxidation sites excluding steroid dienone is 12. The van der Waals surface area contributed by atoms with Crippen LogP contribution >= 0.6 is 7.82 Å². The number of unbranched alkanes of at least 4 members (excludes halogenated alkanes) is 21. The van der Waals surface area contributed by atoms with Crippen molar-refractivity contribution in [1.29, 1.82) is 0 Å². The first-order valence-corrected chi connectivity index (χ1v) is 27.7. The first kappa shape index (κ1) is 62.4. The van der Waals surface area contributed by atoms with Gasteiger partial charge in [-0.25, -0.2) is 4.57 Å². The summed E-state index contributed by atoms with van der Waals surface area (Å²) in [7, 11) is 1.44. The number of carbonyl (C=O) groups excluding carboxylic acids is 2. The number of phosphoric acid groups is 1. The van der Waals surface area contributed by atoms with Gasteiger partial charge in [0.1, 0.15) is 19.8 Å². The molecule has 0 bridgehead atoms. The van der Waals surface area contributed by atoms with E-state index in [1.165, 1.54) is 109 Å². The second-order valence-electron chi connectivity index (χ2n) is 18.5. The molecule has 0 amide bonds. The molecule has 0 radical (unpaired) electrons. The van der Waals surface area contributed by atoms with Crippen molar-refractivity contribution in [2.75, 3.05) is 47.5 Å². The Bertz CT molecular complexity index is 1330. The molecule has 0 aromatic heterocycles. The Morgan fingerprint density at radius 1 is 0.492 bits per heavy atom. The van der Waals surface area contributed by atoms with Gasteiger partial charge in [-0.2, -0.15) is 0 Å². The van der Waals surface area contributed by atoms with Gasteiger partial charge < -0.3 is 18.9 Å². The molecule has 0 heterocycles. The van der Waals surface area contributed by atoms with Crippen LogP contribution in [0.5, 0.6) is 0 Å². The third-order valence-electron chi connectivity index (χ3n) is 11.0. The molecule has 0 saturated carbocycles. The summed E-state index contributed by atoms with van der Waals surface area (Å²) in [4.78, 5) is 35.6. The van der Waals surface area contributed by atoms with Crippen LogP contribution in [0.25, 0.3) is 0 Å². The highest BCUT2D eigenvalue weighted by Crippen LogP contribution is 2.43. The summed E-state index contributed by atoms with van der Waals surface area (Å²) in [6.45, 7) is 4.28. The first-order chi connectivity index (χ1) is 31.5. The van der Waals surface area contributed by atoms with Crippen molar-refractivity contribution in [3.63, 3.8) is 0 Å². The van der Waals surface area contributed by atoms with Crippen LogP contribution in [0.1, 0.15) is 213 Å². The van der Waals surface area contributed by atoms with Crippen LogP contribution in [0.4, 0.5) is 0 Å². The highest BCUT2D eigenvalue weighted by Gasteiger charge is 2.27. The van der Waals surface area contributed by atoms with Crippen molar-refractivity contribution in [2.24, 2.45) is 0 Å². The van der Waals surface area contributed by atoms with Gasteiger partial charge >= 0.3 is 19.8 Å². The van der Waals surface area contributed by atoms with Crippen LogP contribution < -0.4 is 0 Å². The summed E-state index contributed by atoms with van der Waals surface area (Å²) in [5.41, 5.74) is 0. The monoisotopic (exact) mass is 933 g/mol. The summed E-state index contributed by atoms with van der Waals surface area (Å²) in [5.74, 6) is -0.846. The molecule has 10 heteroatoms. The lowest BCUT2D eigenvalue weighted by Crippen LogP contribution is -2.37. The molecule has 0 aliphatic rings. The Morgan fingerprint density at radius 3 is 1.31 bits per heavy atom. The predicted molar refractivity (Wildman–Crippen MR) is 275 cm³/mol. The molecule has 2 unspecified atom stereocenters. The van der Waals surface area contributed by atoms with E-state index < -0.39 is 26.5 Å². The van der Waals surface area contributed by atoms with Crippen LogP contribution in [0.3, 0.4) is 0 Å². The number of esters is 2. The molecule has 0 aliphatic carbocycles. The summed E-state index contributed by atoms with van der Waals surface area (Å²) in [6.07, 6.45) is 59.6. The maximum Gasteiger partial charge on any atom is 0.472 e. The predicted octanol–water partition coefficient (Wildman–Crippen LogP) is 15.8. The topological polar surface area (TPSA) is 108 Å². The molecular weight excluding hydrogens is 834 g/mol. The molecule has 0 aliphatic heterocycles. The number of hydrogen-bond donors (Lipinski definition) is 1. The molecule has 0 spiro atoms. The van der Waals surface area contributed by atoms with Crippen molar-refractivity contribution >= 4 is 19.8 Å². The van der Waals surface area contributed by atoms with Crippen molar-refractivity contribution in [2.45, 2.75) is 219 Å². The van der Waals surface area contributed by atoms with E-state index in [9.17, 15) is 19.0 Å². The van der Waals surface area contributed by atoms with Gasteiger partial charge in [-0.05, 0) is 64.2 Å². The van der Waals surface area contributed by atoms with E-state index in [2.05, 4.69) is 86.8 Å². The van der Waals surface area contributed by atoms with Crippen LogP contribution in [-0.4, -0.2) is 74.9 Å². The van der Waals surface area contributed by atoms with Gasteiger partial charge in [0, 0.05) is 12.8 Å². The molecule has 1 N–H and O–H groups in total. The zero-order valence-corrected chi connectivity index (χ0v) is 43.3. The molecule has 0 fully saturated rings. The normalized spacial score (nSPS) is 14.0. The number of hydrogen-bond acceptors (Lipinski definition) is 7. The first-order valence-electron chi connectivity index (χ1n) is 26.2. The molecule has 65 heavy (non-hydrogen) atoms. The fourth-order valence-electron chi connectivity index (χ4n) is 6.96. The second-order valence-corrected chi connectivity index (χ2v) is 20.0. The Hall–Kier alpha value is -2.55. The van der Waals surface area contributed by atoms with Gasteiger partial charge in [0.2, 0.25) is 0 Å². The smallest absolute Gasteiger partial charge is 0.462 e. The lowest BCUT2D eigenvalue weighted by Gasteiger charge is -2.24. The van der Waals surface area contributed by atoms with E-state index in [-0.39, 0.29) is 32.0 Å². The number of carbonyl (C=O) groups is 2. The standard InChI is InChI=1S/C55H98NO8P/c1-6-8-10-12-14-16-18-20-22-24-26-28-30-32-34-36-38-40-42-44-46-48-55(58)64-53(52-63-65(59,60)62-50-49-56(3,4)5)51-61-54(57)47-45-43-41-39-37-35-33-31-29-27-25-23-21-19-17-15-13-11-9-7-2/h8,10,14,16,20,22,26,28,32,34,38,40,53H,6-7,9,11-13,15,17-19,21,23-25,27,29-31,33,35-37,39,41-52H2,1-5H3/p+1/b10-8-,16-14-,22-20-,28-26-,34-32-,40-38-. The average Bonchev–Trinajstić information content (AvgIpc) is 3.26. The SMILES string of the molecule is CC/C=C\C/C=C\C/C=C\C/C=C\C/C=C\C/C=C\CCCCC(=O)OC(COC(=O)CCCCCCCCCCCCCCCCCCCCCC)COP(=O)(O)OCC[N+](C)(C)C. The molecule has 0 aromatic rings. The summed E-state index contributed by atoms with van der Waals surface area (Å²) in [5, 5.41) is 0. The molecule has 9 nitrogen and oxygen atoms in total. The van der Waals surface area contributed by atoms with Crippen molar-refractivity contribution < 1.29 is 42.1 Å². The molecule has 0 aromatic carbocycles. The van der Waals surface area contributed by atoms with Crippen LogP contribution in [-0.2, 0) is 32.7 Å². The van der Waals surface area contributed by atoms with Gasteiger partial charge in [0.15, 0.2) is 6.10 Å². The number of quaternary nitrogens is 1. The minimum absolute atomic E-state index is 0.0208. The van der Waals surface area contributed by atoms with Crippen LogP contribution in [0, 0.1) is 0 Å². The third-order valence-corrected chi connectivity index (χ3v) is 12.0. The lowest BCUT2D eigenvalue weighted by atomic mass is 10.0. The Kier molecular flexibility index (Phi) is 44.7. The number of rotatable bonds is 47. The Morgan fingerprint density at radius 2 is 0.877 bits per heavy atom. The maximum absolute atomic E-state index is 12.7. The highest BCUT2D eigenvalue weighted by atomic mass is 31.2. The van der Waals surface area contributed by atoms with E-state index in [4.69, 9.17) is 18.5 Å². The van der Waals surface area contributed by atoms with E-state index in [1.54, 1.807) is 0 Å². The van der Waals surface area contributed by atoms with Crippen molar-refractivity contribution in [1.82, 2.24) is 0 Å². The number of likely N-dealkylation sites (N-methyl/N-ethyl adjacent to an activating group) is 1. The molecular formula is C55H99NO8P+. The van der Waals surface area contributed by atoms with E-state index in [0.29, 0.717) is 17.4 Å². The summed E-state index contributed by atoms with van der Waals surface area (Å²) < 4.78 is 34.4. The van der Waals surface area contributed by atoms with Gasteiger partial charge in [-0.3, -0.25) is 18.6 Å². The van der Waals surface area contributed by atoms with Crippen LogP contribution in [0.2, 0.25) is 0 Å². The van der Waals surface area contributed by atoms with E-state index in [0.717, 1.165) is 70.6 Å². The summed E-state index contributed by atoms with van der Waals surface area (Å²) >= 11 is 0. The zero-order valence-electron chi connectivity index (χ0n) is 42.5. The quantitative estimate of drug-likeness (QED) is 0.0211. The van der Waals surface area contributed by atoms with Crippen LogP contribution in [0.15, 0.2) is 72.9 Å². The van der Waals surface area contributed by atoms with E-state index in [1.807, 2.05) is 21.1 Å². The highest BCUT2D eigenvalue weighted by molar-refractivity contribution is 7.47. The minimum atomic E-state index is -4.40. The van der Waals surface area contributed by atoms with Gasteiger partial charge in [0.25, 0.3) is 0 Å². The zero-order chi connectivity index (χ0) is 47.8. The Balaban J connectivity index is 4.32. The van der Waals surface area contributed by atoms with Crippen molar-refractivity contribution in [3.05, 3.63) is 72.9 Å². The number of ether oxygens (including phenoxy) is 2. The minimum Gasteiger partial charge on any atom is -0.462 e. The molecule has 0 rings (SSSR count). The summed E-state index contributed by atoms with van der Waals surface area (Å²) in [6, 6.07) is 0. The largest absolute Gasteiger partial charge is 0.472 e. The fourth-order valence-corrected chi connectivity index (χ4v) is 7.70. The van der Waals surface area contributed by atoms with Crippen molar-refractivity contribution in [3.8, 4) is 0 Å². The number of phosphoric ester groups is 1. The van der Waals surface area contributed by atoms with E-state index >= 15 is 0 Å². The van der Waals surface area contributed by atoms with Gasteiger partial charge in [0.05, 0.1) is 27.7 Å². The fraction of sp³-hybridized carbons (Fsp3) is 0.745.